The molecule has 5 nitrogen and oxygen atoms in total. The molecule has 21 heavy (non-hydrogen) atoms. The van der Waals surface area contributed by atoms with Gasteiger partial charge in [0.15, 0.2) is 0 Å². The maximum Gasteiger partial charge on any atom is 0.224 e. The quantitative estimate of drug-likeness (QED) is 0.590. The summed E-state index contributed by atoms with van der Waals surface area (Å²) < 4.78 is 1.95. The average molecular weight is 275 g/mol. The van der Waals surface area contributed by atoms with E-state index in [1.54, 1.807) is 18.3 Å². The van der Waals surface area contributed by atoms with Crippen LogP contribution in [0.1, 0.15) is 11.1 Å². The van der Waals surface area contributed by atoms with Crippen LogP contribution in [0.25, 0.3) is 11.0 Å². The van der Waals surface area contributed by atoms with Gasteiger partial charge in [0.25, 0.3) is 0 Å². The first-order chi connectivity index (χ1) is 10.3. The molecule has 0 aliphatic carbocycles. The molecule has 1 heterocycles. The van der Waals surface area contributed by atoms with Crippen LogP contribution in [0.3, 0.4) is 0 Å². The molecule has 0 saturated heterocycles. The fraction of sp³-hybridized carbons (Fsp3) is 0.0625. The lowest BCUT2D eigenvalue weighted by Gasteiger charge is -2.00. The Labute approximate surface area is 122 Å². The number of hydrazone groups is 1. The van der Waals surface area contributed by atoms with E-state index in [0.717, 1.165) is 16.6 Å². The van der Waals surface area contributed by atoms with Crippen LogP contribution in [-0.4, -0.2) is 15.8 Å². The zero-order valence-corrected chi connectivity index (χ0v) is 11.5. The second-order valence-electron chi connectivity index (χ2n) is 4.59. The van der Waals surface area contributed by atoms with Crippen LogP contribution in [-0.2, 0) is 7.05 Å². The molecule has 0 aliphatic rings. The molecule has 0 atom stereocenters. The number of fused-ring (bicyclic) bond motifs is 1. The van der Waals surface area contributed by atoms with E-state index in [4.69, 9.17) is 5.26 Å². The van der Waals surface area contributed by atoms with Crippen molar-refractivity contribution < 1.29 is 0 Å². The number of para-hydroxylation sites is 2. The summed E-state index contributed by atoms with van der Waals surface area (Å²) in [5.74, 6) is 0.682. The van der Waals surface area contributed by atoms with Gasteiger partial charge in [-0.3, -0.25) is 0 Å². The van der Waals surface area contributed by atoms with Gasteiger partial charge >= 0.3 is 0 Å². The number of nitriles is 1. The topological polar surface area (TPSA) is 66.0 Å². The predicted molar refractivity (Wildman–Crippen MR) is 83.1 cm³/mol. The van der Waals surface area contributed by atoms with Crippen LogP contribution in [0.15, 0.2) is 53.6 Å². The summed E-state index contributed by atoms with van der Waals surface area (Å²) in [4.78, 5) is 4.47. The molecule has 0 bridgehead atoms. The summed E-state index contributed by atoms with van der Waals surface area (Å²) in [6.45, 7) is 0. The van der Waals surface area contributed by atoms with Gasteiger partial charge in [-0.15, -0.1) is 0 Å². The third-order valence-electron chi connectivity index (χ3n) is 3.21. The van der Waals surface area contributed by atoms with E-state index < -0.39 is 0 Å². The molecule has 0 unspecified atom stereocenters. The van der Waals surface area contributed by atoms with Crippen molar-refractivity contribution in [2.24, 2.45) is 12.1 Å². The molecule has 3 aromatic rings. The smallest absolute Gasteiger partial charge is 0.224 e. The van der Waals surface area contributed by atoms with Crippen molar-refractivity contribution in [3.05, 3.63) is 59.7 Å². The van der Waals surface area contributed by atoms with Gasteiger partial charge in [0.05, 0.1) is 28.9 Å². The summed E-state index contributed by atoms with van der Waals surface area (Å²) in [5.41, 5.74) is 6.46. The number of nitrogens with zero attached hydrogens (tertiary/aromatic N) is 4. The number of rotatable bonds is 3. The number of hydrogen-bond donors (Lipinski definition) is 1. The molecule has 0 aliphatic heterocycles. The summed E-state index contributed by atoms with van der Waals surface area (Å²) in [7, 11) is 1.94. The van der Waals surface area contributed by atoms with Crippen molar-refractivity contribution in [1.29, 1.82) is 5.26 Å². The highest BCUT2D eigenvalue weighted by atomic mass is 15.4. The van der Waals surface area contributed by atoms with Gasteiger partial charge in [0.2, 0.25) is 5.95 Å². The first kappa shape index (κ1) is 12.9. The lowest BCUT2D eigenvalue weighted by Crippen LogP contribution is -1.98. The number of imidazole rings is 1. The highest BCUT2D eigenvalue weighted by molar-refractivity contribution is 5.81. The molecule has 1 N–H and O–H groups in total. The lowest BCUT2D eigenvalue weighted by atomic mass is 10.2. The first-order valence-electron chi connectivity index (χ1n) is 6.48. The Hall–Kier alpha value is -3.13. The zero-order valence-electron chi connectivity index (χ0n) is 11.5. The molecule has 3 rings (SSSR count). The van der Waals surface area contributed by atoms with Gasteiger partial charge in [-0.1, -0.05) is 24.3 Å². The average Bonchev–Trinajstić information content (AvgIpc) is 2.85. The van der Waals surface area contributed by atoms with Gasteiger partial charge in [0.1, 0.15) is 0 Å². The van der Waals surface area contributed by atoms with Crippen molar-refractivity contribution in [3.8, 4) is 6.07 Å². The number of aryl methyl sites for hydroxylation is 1. The fourth-order valence-electron chi connectivity index (χ4n) is 2.05. The van der Waals surface area contributed by atoms with Gasteiger partial charge < -0.3 is 4.57 Å². The van der Waals surface area contributed by atoms with Gasteiger partial charge in [-0.05, 0) is 29.8 Å². The van der Waals surface area contributed by atoms with Crippen LogP contribution in [0, 0.1) is 11.3 Å². The summed E-state index contributed by atoms with van der Waals surface area (Å²) >= 11 is 0. The molecule has 102 valence electrons. The van der Waals surface area contributed by atoms with Crippen LogP contribution in [0.2, 0.25) is 0 Å². The van der Waals surface area contributed by atoms with Crippen LogP contribution >= 0.6 is 0 Å². The Morgan fingerprint density at radius 3 is 2.67 bits per heavy atom. The SMILES string of the molecule is Cn1c(N/N=C\c2ccc(C#N)cc2)nc2ccccc21. The lowest BCUT2D eigenvalue weighted by molar-refractivity contribution is 0.943. The fourth-order valence-corrected chi connectivity index (χ4v) is 2.05. The molecular weight excluding hydrogens is 262 g/mol. The van der Waals surface area contributed by atoms with Gasteiger partial charge in [-0.25, -0.2) is 10.4 Å². The number of hydrogen-bond acceptors (Lipinski definition) is 4. The van der Waals surface area contributed by atoms with E-state index in [1.807, 2.05) is 48.0 Å². The molecule has 2 aromatic carbocycles. The number of nitrogens with one attached hydrogen (secondary N) is 1. The highest BCUT2D eigenvalue weighted by Gasteiger charge is 2.04. The standard InChI is InChI=1S/C16H13N5/c1-21-15-5-3-2-4-14(15)19-16(21)20-18-11-13-8-6-12(10-17)7-9-13/h2-9,11H,1H3,(H,19,20)/b18-11-. The van der Waals surface area contributed by atoms with E-state index in [0.29, 0.717) is 11.5 Å². The maximum absolute atomic E-state index is 8.75. The molecular formula is C16H13N5. The van der Waals surface area contributed by atoms with Crippen molar-refractivity contribution in [1.82, 2.24) is 9.55 Å². The van der Waals surface area contributed by atoms with E-state index in [-0.39, 0.29) is 0 Å². The number of benzene rings is 2. The third kappa shape index (κ3) is 2.60. The minimum Gasteiger partial charge on any atom is -0.312 e. The Kier molecular flexibility index (Phi) is 3.36. The van der Waals surface area contributed by atoms with E-state index in [2.05, 4.69) is 21.6 Å². The maximum atomic E-state index is 8.75. The van der Waals surface area contributed by atoms with Crippen molar-refractivity contribution in [2.45, 2.75) is 0 Å². The van der Waals surface area contributed by atoms with E-state index in [9.17, 15) is 0 Å². The minimum absolute atomic E-state index is 0.635. The second-order valence-corrected chi connectivity index (χ2v) is 4.59. The summed E-state index contributed by atoms with van der Waals surface area (Å²) in [5, 5.41) is 12.9. The summed E-state index contributed by atoms with van der Waals surface area (Å²) in [6, 6.07) is 17.2. The van der Waals surface area contributed by atoms with Gasteiger partial charge in [-0.2, -0.15) is 10.4 Å². The van der Waals surface area contributed by atoms with Crippen molar-refractivity contribution >= 4 is 23.2 Å². The zero-order chi connectivity index (χ0) is 14.7. The molecule has 0 saturated carbocycles. The molecule has 0 spiro atoms. The van der Waals surface area contributed by atoms with Crippen molar-refractivity contribution in [3.63, 3.8) is 0 Å². The van der Waals surface area contributed by atoms with E-state index in [1.165, 1.54) is 0 Å². The third-order valence-corrected chi connectivity index (χ3v) is 3.21. The molecule has 1 aromatic heterocycles. The predicted octanol–water partition coefficient (Wildman–Crippen LogP) is 2.89. The van der Waals surface area contributed by atoms with Crippen LogP contribution in [0.5, 0.6) is 0 Å². The van der Waals surface area contributed by atoms with Crippen molar-refractivity contribution in [2.75, 3.05) is 5.43 Å². The summed E-state index contributed by atoms with van der Waals surface area (Å²) in [6.07, 6.45) is 1.69. The second kappa shape index (κ2) is 5.47. The molecule has 5 heteroatoms. The largest absolute Gasteiger partial charge is 0.312 e. The Morgan fingerprint density at radius 1 is 1.19 bits per heavy atom. The Bertz CT molecular complexity index is 837. The van der Waals surface area contributed by atoms with Crippen LogP contribution < -0.4 is 5.43 Å². The van der Waals surface area contributed by atoms with E-state index >= 15 is 0 Å². The van der Waals surface area contributed by atoms with Gasteiger partial charge in [0, 0.05) is 7.05 Å². The number of anilines is 1. The monoisotopic (exact) mass is 275 g/mol. The molecule has 0 amide bonds. The number of aromatic nitrogens is 2. The Balaban J connectivity index is 1.78. The minimum atomic E-state index is 0.635. The van der Waals surface area contributed by atoms with Crippen LogP contribution in [0.4, 0.5) is 5.95 Å². The normalized spacial score (nSPS) is 10.9. The first-order valence-corrected chi connectivity index (χ1v) is 6.48. The molecule has 0 radical (unpaired) electrons. The Morgan fingerprint density at radius 2 is 1.95 bits per heavy atom. The highest BCUT2D eigenvalue weighted by Crippen LogP contribution is 2.17. The molecule has 0 fully saturated rings.